The second-order valence-electron chi connectivity index (χ2n) is 8.73. The summed E-state index contributed by atoms with van der Waals surface area (Å²) in [6.07, 6.45) is 3.22. The highest BCUT2D eigenvalue weighted by Gasteiger charge is 2.32. The number of rotatable bonds is 12. The normalized spacial score (nSPS) is 12.2. The predicted molar refractivity (Wildman–Crippen MR) is 142 cm³/mol. The summed E-state index contributed by atoms with van der Waals surface area (Å²) in [5.41, 5.74) is 2.83. The van der Waals surface area contributed by atoms with Crippen LogP contribution < -0.4 is 9.62 Å². The fourth-order valence-electron chi connectivity index (χ4n) is 3.78. The van der Waals surface area contributed by atoms with Gasteiger partial charge in [0.25, 0.3) is 0 Å². The molecule has 2 rings (SSSR count). The Bertz CT molecular complexity index is 1120. The first-order valence-electron chi connectivity index (χ1n) is 11.8. The average molecular weight is 522 g/mol. The number of nitrogens with zero attached hydrogens (tertiary/aromatic N) is 2. The average Bonchev–Trinajstić information content (AvgIpc) is 2.80. The number of unbranched alkanes of at least 4 members (excludes halogenated alkanes) is 1. The maximum atomic E-state index is 13.7. The summed E-state index contributed by atoms with van der Waals surface area (Å²) in [5.74, 6) is -0.709. The fraction of sp³-hybridized carbons (Fsp3) is 0.462. The third-order valence-electron chi connectivity index (χ3n) is 5.88. The summed E-state index contributed by atoms with van der Waals surface area (Å²) in [6.45, 7) is 7.83. The van der Waals surface area contributed by atoms with Crippen molar-refractivity contribution in [1.29, 1.82) is 0 Å². The molecule has 0 aromatic heterocycles. The number of carbonyl (C=O) groups excluding carboxylic acids is 2. The lowest BCUT2D eigenvalue weighted by Gasteiger charge is -2.33. The van der Waals surface area contributed by atoms with Gasteiger partial charge in [-0.15, -0.1) is 0 Å². The lowest BCUT2D eigenvalue weighted by atomic mass is 10.1. The van der Waals surface area contributed by atoms with Crippen LogP contribution in [0, 0.1) is 13.8 Å². The Hall–Kier alpha value is -2.58. The van der Waals surface area contributed by atoms with Crippen LogP contribution >= 0.6 is 11.6 Å². The quantitative estimate of drug-likeness (QED) is 0.418. The predicted octanol–water partition coefficient (Wildman–Crippen LogP) is 4.45. The van der Waals surface area contributed by atoms with Crippen molar-refractivity contribution in [2.75, 3.05) is 23.7 Å². The molecule has 2 aromatic rings. The summed E-state index contributed by atoms with van der Waals surface area (Å²) < 4.78 is 26.5. The molecule has 2 aromatic carbocycles. The van der Waals surface area contributed by atoms with Gasteiger partial charge in [0, 0.05) is 18.1 Å². The van der Waals surface area contributed by atoms with Gasteiger partial charge in [0.05, 0.1) is 11.9 Å². The van der Waals surface area contributed by atoms with Gasteiger partial charge in [0.1, 0.15) is 12.6 Å². The monoisotopic (exact) mass is 521 g/mol. The van der Waals surface area contributed by atoms with Crippen LogP contribution in [0.25, 0.3) is 0 Å². The molecular formula is C26H36ClN3O4S. The van der Waals surface area contributed by atoms with E-state index >= 15 is 0 Å². The highest BCUT2D eigenvalue weighted by molar-refractivity contribution is 7.92. The number of anilines is 1. The van der Waals surface area contributed by atoms with Gasteiger partial charge in [-0.05, 0) is 49.9 Å². The summed E-state index contributed by atoms with van der Waals surface area (Å²) in [5, 5.41) is 3.32. The first-order valence-corrected chi connectivity index (χ1v) is 14.1. The lowest BCUT2D eigenvalue weighted by Crippen LogP contribution is -2.52. The van der Waals surface area contributed by atoms with Gasteiger partial charge >= 0.3 is 0 Å². The van der Waals surface area contributed by atoms with Crippen LogP contribution in [0.1, 0.15) is 49.8 Å². The number of carbonyl (C=O) groups is 2. The van der Waals surface area contributed by atoms with Crippen LogP contribution in [0.4, 0.5) is 5.69 Å². The molecular weight excluding hydrogens is 486 g/mol. The molecule has 0 saturated heterocycles. The van der Waals surface area contributed by atoms with Crippen LogP contribution in [0.15, 0.2) is 42.5 Å². The van der Waals surface area contributed by atoms with Crippen molar-refractivity contribution >= 4 is 39.1 Å². The number of halogens is 1. The first kappa shape index (κ1) is 28.7. The molecule has 9 heteroatoms. The van der Waals surface area contributed by atoms with Crippen LogP contribution in [0.5, 0.6) is 0 Å². The Morgan fingerprint density at radius 3 is 2.29 bits per heavy atom. The molecule has 35 heavy (non-hydrogen) atoms. The molecule has 0 spiro atoms. The van der Waals surface area contributed by atoms with Crippen LogP contribution in [0.2, 0.25) is 5.02 Å². The Morgan fingerprint density at radius 1 is 1.06 bits per heavy atom. The zero-order valence-electron chi connectivity index (χ0n) is 21.2. The molecule has 0 fully saturated rings. The van der Waals surface area contributed by atoms with Gasteiger partial charge in [0.2, 0.25) is 21.8 Å². The van der Waals surface area contributed by atoms with Crippen molar-refractivity contribution in [3.05, 3.63) is 64.2 Å². The second kappa shape index (κ2) is 12.9. The van der Waals surface area contributed by atoms with E-state index in [9.17, 15) is 18.0 Å². The molecule has 0 bridgehead atoms. The highest BCUT2D eigenvalue weighted by atomic mass is 35.5. The highest BCUT2D eigenvalue weighted by Crippen LogP contribution is 2.28. The van der Waals surface area contributed by atoms with Crippen molar-refractivity contribution in [3.8, 4) is 0 Å². The number of sulfonamides is 1. The SMILES string of the molecule is CCCCNC(=O)[C@@H](CC)N(Cc1ccc(C)cc1)C(=O)CN(c1cccc(Cl)c1C)S(C)(=O)=O. The van der Waals surface area contributed by atoms with Gasteiger partial charge in [-0.3, -0.25) is 13.9 Å². The van der Waals surface area contributed by atoms with Crippen LogP contribution in [-0.4, -0.2) is 50.5 Å². The molecule has 1 N–H and O–H groups in total. The van der Waals surface area contributed by atoms with E-state index in [4.69, 9.17) is 11.6 Å². The lowest BCUT2D eigenvalue weighted by molar-refractivity contribution is -0.140. The van der Waals surface area contributed by atoms with Gasteiger partial charge in [-0.2, -0.15) is 0 Å². The number of aryl methyl sites for hydroxylation is 1. The fourth-order valence-corrected chi connectivity index (χ4v) is 4.85. The van der Waals surface area contributed by atoms with E-state index in [0.717, 1.165) is 34.5 Å². The summed E-state index contributed by atoms with van der Waals surface area (Å²) in [7, 11) is -3.81. The zero-order valence-corrected chi connectivity index (χ0v) is 22.7. The van der Waals surface area contributed by atoms with E-state index < -0.39 is 28.5 Å². The van der Waals surface area contributed by atoms with E-state index in [0.29, 0.717) is 29.2 Å². The van der Waals surface area contributed by atoms with E-state index in [1.807, 2.05) is 45.0 Å². The molecule has 0 aliphatic carbocycles. The molecule has 0 unspecified atom stereocenters. The molecule has 7 nitrogen and oxygen atoms in total. The minimum atomic E-state index is -3.81. The Kier molecular flexibility index (Phi) is 10.6. The Labute approximate surface area is 214 Å². The van der Waals surface area contributed by atoms with Crippen molar-refractivity contribution in [1.82, 2.24) is 10.2 Å². The molecule has 0 saturated carbocycles. The van der Waals surface area contributed by atoms with Gasteiger partial charge in [-0.1, -0.05) is 67.8 Å². The second-order valence-corrected chi connectivity index (χ2v) is 11.0. The minimum absolute atomic E-state index is 0.185. The summed E-state index contributed by atoms with van der Waals surface area (Å²) in [6, 6.07) is 11.9. The molecule has 0 heterocycles. The number of hydrogen-bond donors (Lipinski definition) is 1. The van der Waals surface area contributed by atoms with E-state index in [-0.39, 0.29) is 12.5 Å². The van der Waals surface area contributed by atoms with Gasteiger partial charge in [0.15, 0.2) is 0 Å². The van der Waals surface area contributed by atoms with Gasteiger partial charge < -0.3 is 10.2 Å². The van der Waals surface area contributed by atoms with Crippen LogP contribution in [0.3, 0.4) is 0 Å². The molecule has 1 atom stereocenters. The third kappa shape index (κ3) is 7.97. The third-order valence-corrected chi connectivity index (χ3v) is 7.41. The largest absolute Gasteiger partial charge is 0.354 e. The topological polar surface area (TPSA) is 86.8 Å². The van der Waals surface area contributed by atoms with E-state index in [2.05, 4.69) is 5.32 Å². The Balaban J connectivity index is 2.43. The van der Waals surface area contributed by atoms with Gasteiger partial charge in [-0.25, -0.2) is 8.42 Å². The van der Waals surface area contributed by atoms with Crippen molar-refractivity contribution < 1.29 is 18.0 Å². The Morgan fingerprint density at radius 2 is 1.71 bits per heavy atom. The number of amides is 2. The number of hydrogen-bond acceptors (Lipinski definition) is 4. The molecule has 0 aliphatic heterocycles. The van der Waals surface area contributed by atoms with Crippen LogP contribution in [-0.2, 0) is 26.2 Å². The van der Waals surface area contributed by atoms with Crippen molar-refractivity contribution in [3.63, 3.8) is 0 Å². The maximum absolute atomic E-state index is 13.7. The maximum Gasteiger partial charge on any atom is 0.244 e. The molecule has 2 amide bonds. The number of nitrogens with one attached hydrogen (secondary N) is 1. The minimum Gasteiger partial charge on any atom is -0.354 e. The standard InChI is InChI=1S/C26H36ClN3O4S/c1-6-8-16-28-26(32)23(7-2)29(17-21-14-12-19(3)13-15-21)25(31)18-30(35(5,33)34)24-11-9-10-22(27)20(24)4/h9-15,23H,6-8,16-18H2,1-5H3,(H,28,32)/t23-/m1/s1. The van der Waals surface area contributed by atoms with E-state index in [1.54, 1.807) is 25.1 Å². The van der Waals surface area contributed by atoms with Crippen molar-refractivity contribution in [2.45, 2.75) is 59.5 Å². The number of benzene rings is 2. The molecule has 192 valence electrons. The smallest absolute Gasteiger partial charge is 0.244 e. The molecule has 0 radical (unpaired) electrons. The zero-order chi connectivity index (χ0) is 26.2. The first-order chi connectivity index (χ1) is 16.5. The summed E-state index contributed by atoms with van der Waals surface area (Å²) in [4.78, 5) is 28.2. The van der Waals surface area contributed by atoms with Crippen molar-refractivity contribution in [2.24, 2.45) is 0 Å². The van der Waals surface area contributed by atoms with E-state index in [1.165, 1.54) is 4.90 Å². The summed E-state index contributed by atoms with van der Waals surface area (Å²) >= 11 is 6.23. The molecule has 0 aliphatic rings.